The van der Waals surface area contributed by atoms with Crippen LogP contribution in [-0.4, -0.2) is 30.5 Å². The van der Waals surface area contributed by atoms with Crippen molar-refractivity contribution in [1.29, 1.82) is 0 Å². The highest BCUT2D eigenvalue weighted by Crippen LogP contribution is 2.27. The molecule has 1 rings (SSSR count). The highest BCUT2D eigenvalue weighted by atomic mass is 16.6. The Morgan fingerprint density at radius 3 is 2.80 bits per heavy atom. The first-order valence-corrected chi connectivity index (χ1v) is 6.39. The molecule has 0 heterocycles. The van der Waals surface area contributed by atoms with Crippen molar-refractivity contribution < 1.29 is 14.5 Å². The van der Waals surface area contributed by atoms with Crippen LogP contribution in [0.25, 0.3) is 0 Å². The first-order chi connectivity index (χ1) is 9.49. The summed E-state index contributed by atoms with van der Waals surface area (Å²) in [6.07, 6.45) is 0. The molecular formula is C13H19N3O4. The standard InChI is InChI=1S/C13H19N3O4/c1-3-20-12-5-4-10(6-11(12)16(18)19)13(17)15-8-9(2)7-14/h4-6,9H,3,7-8,14H2,1-2H3,(H,15,17). The Labute approximate surface area is 117 Å². The zero-order valence-electron chi connectivity index (χ0n) is 11.6. The van der Waals surface area contributed by atoms with Gasteiger partial charge in [-0.25, -0.2) is 0 Å². The molecule has 110 valence electrons. The Morgan fingerprint density at radius 2 is 2.25 bits per heavy atom. The lowest BCUT2D eigenvalue weighted by atomic mass is 10.1. The summed E-state index contributed by atoms with van der Waals surface area (Å²) in [6, 6.07) is 4.15. The number of hydrogen-bond donors (Lipinski definition) is 2. The maximum atomic E-state index is 11.9. The Kier molecular flexibility index (Phi) is 5.92. The van der Waals surface area contributed by atoms with Crippen LogP contribution < -0.4 is 15.8 Å². The zero-order chi connectivity index (χ0) is 15.1. The van der Waals surface area contributed by atoms with Gasteiger partial charge in [0.25, 0.3) is 5.91 Å². The number of nitro benzene ring substituents is 1. The molecule has 1 amide bonds. The van der Waals surface area contributed by atoms with Crippen LogP contribution >= 0.6 is 0 Å². The van der Waals surface area contributed by atoms with Gasteiger partial charge < -0.3 is 15.8 Å². The predicted octanol–water partition coefficient (Wildman–Crippen LogP) is 1.32. The van der Waals surface area contributed by atoms with E-state index in [2.05, 4.69) is 5.32 Å². The van der Waals surface area contributed by atoms with Crippen LogP contribution in [0.4, 0.5) is 5.69 Å². The maximum absolute atomic E-state index is 11.9. The van der Waals surface area contributed by atoms with Gasteiger partial charge >= 0.3 is 5.69 Å². The molecule has 1 aromatic carbocycles. The summed E-state index contributed by atoms with van der Waals surface area (Å²) in [6.45, 7) is 4.85. The average molecular weight is 281 g/mol. The number of carbonyl (C=O) groups is 1. The van der Waals surface area contributed by atoms with Crippen molar-refractivity contribution in [2.24, 2.45) is 11.7 Å². The molecule has 3 N–H and O–H groups in total. The van der Waals surface area contributed by atoms with Crippen molar-refractivity contribution >= 4 is 11.6 Å². The van der Waals surface area contributed by atoms with Gasteiger partial charge in [0.2, 0.25) is 0 Å². The van der Waals surface area contributed by atoms with Crippen molar-refractivity contribution in [3.63, 3.8) is 0 Å². The number of nitro groups is 1. The molecular weight excluding hydrogens is 262 g/mol. The van der Waals surface area contributed by atoms with Crippen molar-refractivity contribution in [3.05, 3.63) is 33.9 Å². The number of hydrogen-bond acceptors (Lipinski definition) is 5. The number of benzene rings is 1. The SMILES string of the molecule is CCOc1ccc(C(=O)NCC(C)CN)cc1[N+](=O)[O-]. The van der Waals surface area contributed by atoms with Gasteiger partial charge in [-0.1, -0.05) is 6.92 Å². The molecule has 20 heavy (non-hydrogen) atoms. The minimum Gasteiger partial charge on any atom is -0.487 e. The van der Waals surface area contributed by atoms with Crippen LogP contribution in [0.1, 0.15) is 24.2 Å². The molecule has 7 nitrogen and oxygen atoms in total. The van der Waals surface area contributed by atoms with Crippen LogP contribution in [0.15, 0.2) is 18.2 Å². The van der Waals surface area contributed by atoms with Crippen molar-refractivity contribution in [2.75, 3.05) is 19.7 Å². The second kappa shape index (κ2) is 7.44. The van der Waals surface area contributed by atoms with Crippen LogP contribution in [0, 0.1) is 16.0 Å². The topological polar surface area (TPSA) is 107 Å². The summed E-state index contributed by atoms with van der Waals surface area (Å²) < 4.78 is 5.16. The van der Waals surface area contributed by atoms with Crippen molar-refractivity contribution in [2.45, 2.75) is 13.8 Å². The molecule has 0 saturated carbocycles. The van der Waals surface area contributed by atoms with E-state index in [0.29, 0.717) is 19.7 Å². The van der Waals surface area contributed by atoms with Gasteiger partial charge in [-0.15, -0.1) is 0 Å². The molecule has 1 aromatic rings. The molecule has 0 aliphatic heterocycles. The zero-order valence-corrected chi connectivity index (χ0v) is 11.6. The number of rotatable bonds is 7. The molecule has 0 aliphatic carbocycles. The molecule has 0 saturated heterocycles. The van der Waals surface area contributed by atoms with Gasteiger partial charge in [0.15, 0.2) is 5.75 Å². The van der Waals surface area contributed by atoms with E-state index in [1.165, 1.54) is 18.2 Å². The fraction of sp³-hybridized carbons (Fsp3) is 0.462. The van der Waals surface area contributed by atoms with E-state index >= 15 is 0 Å². The van der Waals surface area contributed by atoms with E-state index in [1.807, 2.05) is 6.92 Å². The molecule has 0 spiro atoms. The van der Waals surface area contributed by atoms with E-state index in [4.69, 9.17) is 10.5 Å². The van der Waals surface area contributed by atoms with E-state index in [0.717, 1.165) is 0 Å². The van der Waals surface area contributed by atoms with Gasteiger partial charge in [0.05, 0.1) is 11.5 Å². The number of ether oxygens (including phenoxy) is 1. The first-order valence-electron chi connectivity index (χ1n) is 6.39. The minimum absolute atomic E-state index is 0.150. The quantitative estimate of drug-likeness (QED) is 0.579. The lowest BCUT2D eigenvalue weighted by Gasteiger charge is -2.10. The lowest BCUT2D eigenvalue weighted by Crippen LogP contribution is -2.31. The van der Waals surface area contributed by atoms with Gasteiger partial charge in [-0.2, -0.15) is 0 Å². The summed E-state index contributed by atoms with van der Waals surface area (Å²) in [5.41, 5.74) is 5.47. The van der Waals surface area contributed by atoms with Crippen LogP contribution in [0.5, 0.6) is 5.75 Å². The number of nitrogens with zero attached hydrogens (tertiary/aromatic N) is 1. The largest absolute Gasteiger partial charge is 0.487 e. The molecule has 1 unspecified atom stereocenters. The summed E-state index contributed by atoms with van der Waals surface area (Å²) in [4.78, 5) is 22.3. The third kappa shape index (κ3) is 4.20. The molecule has 0 radical (unpaired) electrons. The first kappa shape index (κ1) is 15.9. The highest BCUT2D eigenvalue weighted by molar-refractivity contribution is 5.95. The van der Waals surface area contributed by atoms with Gasteiger partial charge in [-0.3, -0.25) is 14.9 Å². The molecule has 0 aromatic heterocycles. The number of nitrogens with two attached hydrogens (primary N) is 1. The predicted molar refractivity (Wildman–Crippen MR) is 74.8 cm³/mol. The average Bonchev–Trinajstić information content (AvgIpc) is 2.44. The molecule has 1 atom stereocenters. The lowest BCUT2D eigenvalue weighted by molar-refractivity contribution is -0.385. The molecule has 0 fully saturated rings. The van der Waals surface area contributed by atoms with E-state index in [1.54, 1.807) is 6.92 Å². The normalized spacial score (nSPS) is 11.8. The van der Waals surface area contributed by atoms with Gasteiger partial charge in [0.1, 0.15) is 0 Å². The smallest absolute Gasteiger partial charge is 0.311 e. The fourth-order valence-corrected chi connectivity index (χ4v) is 1.53. The van der Waals surface area contributed by atoms with Crippen LogP contribution in [0.2, 0.25) is 0 Å². The number of carbonyl (C=O) groups excluding carboxylic acids is 1. The van der Waals surface area contributed by atoms with Crippen LogP contribution in [-0.2, 0) is 0 Å². The van der Waals surface area contributed by atoms with Crippen molar-refractivity contribution in [1.82, 2.24) is 5.32 Å². The molecule has 0 bridgehead atoms. The summed E-state index contributed by atoms with van der Waals surface area (Å²) in [5, 5.41) is 13.6. The van der Waals surface area contributed by atoms with E-state index in [-0.39, 0.29) is 28.8 Å². The van der Waals surface area contributed by atoms with E-state index in [9.17, 15) is 14.9 Å². The van der Waals surface area contributed by atoms with Crippen LogP contribution in [0.3, 0.4) is 0 Å². The summed E-state index contributed by atoms with van der Waals surface area (Å²) in [5.74, 6) is -0.0579. The van der Waals surface area contributed by atoms with Crippen molar-refractivity contribution in [3.8, 4) is 5.75 Å². The minimum atomic E-state index is -0.565. The summed E-state index contributed by atoms with van der Waals surface area (Å²) in [7, 11) is 0. The Morgan fingerprint density at radius 1 is 1.55 bits per heavy atom. The third-order valence-corrected chi connectivity index (χ3v) is 2.73. The Bertz CT molecular complexity index is 491. The van der Waals surface area contributed by atoms with Gasteiger partial charge in [0, 0.05) is 18.2 Å². The van der Waals surface area contributed by atoms with E-state index < -0.39 is 4.92 Å². The number of amides is 1. The number of nitrogens with one attached hydrogen (secondary N) is 1. The second-order valence-electron chi connectivity index (χ2n) is 4.42. The maximum Gasteiger partial charge on any atom is 0.311 e. The summed E-state index contributed by atoms with van der Waals surface area (Å²) >= 11 is 0. The second-order valence-corrected chi connectivity index (χ2v) is 4.42. The highest BCUT2D eigenvalue weighted by Gasteiger charge is 2.18. The Hall–Kier alpha value is -2.15. The third-order valence-electron chi connectivity index (χ3n) is 2.73. The molecule has 7 heteroatoms. The monoisotopic (exact) mass is 281 g/mol. The Balaban J connectivity index is 2.88. The fourth-order valence-electron chi connectivity index (χ4n) is 1.53. The molecule has 0 aliphatic rings. The van der Waals surface area contributed by atoms with Gasteiger partial charge in [-0.05, 0) is 31.5 Å².